The van der Waals surface area contributed by atoms with Crippen LogP contribution in [0.5, 0.6) is 0 Å². The van der Waals surface area contributed by atoms with Gasteiger partial charge in [0.1, 0.15) is 0 Å². The molecule has 0 saturated heterocycles. The molecule has 11 heteroatoms. The summed E-state index contributed by atoms with van der Waals surface area (Å²) < 4.78 is 59.8. The number of imidazole rings is 1. The average molecular weight is 316 g/mol. The normalized spacial score (nSPS) is 10.5. The van der Waals surface area contributed by atoms with Gasteiger partial charge in [0.15, 0.2) is 0 Å². The van der Waals surface area contributed by atoms with E-state index in [1.807, 2.05) is 0 Å². The summed E-state index contributed by atoms with van der Waals surface area (Å²) in [6.07, 6.45) is 7.77. The fraction of sp³-hybridized carbons (Fsp3) is 0.375. The summed E-state index contributed by atoms with van der Waals surface area (Å²) in [6, 6.07) is 0. The smallest absolute Gasteiger partial charge is 0.351 e. The van der Waals surface area contributed by atoms with Crippen molar-refractivity contribution < 1.29 is 30.5 Å². The van der Waals surface area contributed by atoms with Crippen LogP contribution in [0, 0.1) is 0 Å². The molecule has 0 aromatic carbocycles. The lowest BCUT2D eigenvalue weighted by Crippen LogP contribution is -2.02. The summed E-state index contributed by atoms with van der Waals surface area (Å²) in [5.74, 6) is -0.168. The van der Waals surface area contributed by atoms with Crippen molar-refractivity contribution in [2.75, 3.05) is 5.75 Å². The van der Waals surface area contributed by atoms with Crippen LogP contribution in [-0.2, 0) is 20.5 Å². The highest BCUT2D eigenvalue weighted by atomic mass is 32.3. The molecule has 112 valence electrons. The van der Waals surface area contributed by atoms with Gasteiger partial charge in [0.25, 0.3) is 10.1 Å². The lowest BCUT2D eigenvalue weighted by Gasteiger charge is -1.91. The number of allylic oxidation sites excluding steroid dienone is 1. The molecule has 0 unspecified atom stereocenters. The maximum absolute atomic E-state index is 10.0. The van der Waals surface area contributed by atoms with Crippen LogP contribution in [0.3, 0.4) is 0 Å². The topological polar surface area (TPSA) is 158 Å². The molecule has 0 aliphatic rings. The van der Waals surface area contributed by atoms with E-state index < -0.39 is 20.5 Å². The maximum Gasteiger partial charge on any atom is 0.394 e. The van der Waals surface area contributed by atoms with Gasteiger partial charge in [-0.1, -0.05) is 6.08 Å². The highest BCUT2D eigenvalue weighted by Gasteiger charge is 2.00. The van der Waals surface area contributed by atoms with Gasteiger partial charge < -0.3 is 4.98 Å². The van der Waals surface area contributed by atoms with E-state index in [9.17, 15) is 8.42 Å². The lowest BCUT2D eigenvalue weighted by molar-refractivity contribution is 0.381. The molecule has 4 N–H and O–H groups in total. The van der Waals surface area contributed by atoms with E-state index in [4.69, 9.17) is 22.1 Å². The number of aromatic nitrogens is 2. The lowest BCUT2D eigenvalue weighted by atomic mass is 10.3. The van der Waals surface area contributed by atoms with E-state index in [-0.39, 0.29) is 5.75 Å². The summed E-state index contributed by atoms with van der Waals surface area (Å²) in [4.78, 5) is 6.42. The average Bonchev–Trinajstić information content (AvgIpc) is 2.70. The Morgan fingerprint density at radius 3 is 1.95 bits per heavy atom. The molecular weight excluding hydrogens is 300 g/mol. The molecule has 0 spiro atoms. The van der Waals surface area contributed by atoms with Gasteiger partial charge in [-0.25, -0.2) is 4.98 Å². The number of aromatic amines is 1. The highest BCUT2D eigenvalue weighted by molar-refractivity contribution is 7.85. The molecule has 0 aliphatic heterocycles. The molecule has 0 radical (unpaired) electrons. The standard InChI is InChI=1S/C5H10O3S.C3H4N2.H2O4S/c1-2-3-4-5-9(6,7)8;1-2-5-3-4-1;1-5(2,3)4/h2H,1,3-5H2,(H,6,7,8);1-3H,(H,4,5);(H2,1,2,3,4). The third-order valence-electron chi connectivity index (χ3n) is 1.22. The summed E-state index contributed by atoms with van der Waals surface area (Å²) in [5.41, 5.74) is 0. The van der Waals surface area contributed by atoms with E-state index in [1.165, 1.54) is 0 Å². The molecule has 9 nitrogen and oxygen atoms in total. The molecule has 0 amide bonds. The van der Waals surface area contributed by atoms with Crippen LogP contribution in [0.1, 0.15) is 12.8 Å². The van der Waals surface area contributed by atoms with Crippen LogP contribution in [0.15, 0.2) is 31.4 Å². The van der Waals surface area contributed by atoms with Crippen molar-refractivity contribution >= 4 is 20.5 Å². The second kappa shape index (κ2) is 10.6. The van der Waals surface area contributed by atoms with Crippen LogP contribution in [0.4, 0.5) is 0 Å². The van der Waals surface area contributed by atoms with E-state index >= 15 is 0 Å². The Kier molecular flexibility index (Phi) is 11.2. The van der Waals surface area contributed by atoms with Gasteiger partial charge >= 0.3 is 10.4 Å². The first-order chi connectivity index (χ1) is 8.56. The highest BCUT2D eigenvalue weighted by Crippen LogP contribution is 1.93. The van der Waals surface area contributed by atoms with Crippen molar-refractivity contribution in [2.45, 2.75) is 12.8 Å². The number of rotatable bonds is 4. The fourth-order valence-electron chi connectivity index (χ4n) is 0.625. The Labute approximate surface area is 111 Å². The number of H-pyrrole nitrogens is 1. The Balaban J connectivity index is 0. The van der Waals surface area contributed by atoms with Gasteiger partial charge in [-0.15, -0.1) is 6.58 Å². The Bertz CT molecular complexity index is 482. The molecule has 0 saturated carbocycles. The van der Waals surface area contributed by atoms with Crippen molar-refractivity contribution in [2.24, 2.45) is 0 Å². The molecule has 0 fully saturated rings. The zero-order valence-electron chi connectivity index (χ0n) is 9.88. The minimum Gasteiger partial charge on any atom is -0.351 e. The molecule has 19 heavy (non-hydrogen) atoms. The number of hydrogen-bond acceptors (Lipinski definition) is 5. The number of nitrogens with zero attached hydrogens (tertiary/aromatic N) is 1. The van der Waals surface area contributed by atoms with Crippen LogP contribution in [0.2, 0.25) is 0 Å². The molecule has 1 rings (SSSR count). The maximum atomic E-state index is 10.0. The molecular formula is C8H16N2O7S2. The number of hydrogen-bond donors (Lipinski definition) is 4. The van der Waals surface area contributed by atoms with E-state index in [1.54, 1.807) is 24.8 Å². The molecule has 1 heterocycles. The number of nitrogens with one attached hydrogen (secondary N) is 1. The Morgan fingerprint density at radius 1 is 1.21 bits per heavy atom. The first-order valence-electron chi connectivity index (χ1n) is 4.75. The van der Waals surface area contributed by atoms with Crippen molar-refractivity contribution in [3.63, 3.8) is 0 Å². The fourth-order valence-corrected chi connectivity index (χ4v) is 1.16. The quantitative estimate of drug-likeness (QED) is 0.357. The molecule has 0 aliphatic carbocycles. The minimum absolute atomic E-state index is 0.168. The van der Waals surface area contributed by atoms with Gasteiger partial charge in [-0.05, 0) is 12.8 Å². The zero-order valence-corrected chi connectivity index (χ0v) is 11.5. The Morgan fingerprint density at radius 2 is 1.74 bits per heavy atom. The third-order valence-corrected chi connectivity index (χ3v) is 2.02. The SMILES string of the molecule is C=CCCCS(=O)(=O)O.O=S(=O)(O)O.c1c[nH]cn1. The summed E-state index contributed by atoms with van der Waals surface area (Å²) in [5, 5.41) is 0. The van der Waals surface area contributed by atoms with Crippen molar-refractivity contribution in [3.05, 3.63) is 31.4 Å². The van der Waals surface area contributed by atoms with Crippen molar-refractivity contribution in [3.8, 4) is 0 Å². The molecule has 1 aromatic rings. The van der Waals surface area contributed by atoms with Crippen LogP contribution >= 0.6 is 0 Å². The third kappa shape index (κ3) is 38.3. The van der Waals surface area contributed by atoms with Crippen LogP contribution < -0.4 is 0 Å². The molecule has 1 aromatic heterocycles. The van der Waals surface area contributed by atoms with Crippen molar-refractivity contribution in [1.82, 2.24) is 9.97 Å². The van der Waals surface area contributed by atoms with Gasteiger partial charge in [0.05, 0.1) is 12.1 Å². The summed E-state index contributed by atoms with van der Waals surface area (Å²) >= 11 is 0. The first kappa shape index (κ1) is 20.1. The molecule has 0 atom stereocenters. The summed E-state index contributed by atoms with van der Waals surface area (Å²) in [7, 11) is -8.41. The van der Waals surface area contributed by atoms with Crippen LogP contribution in [0.25, 0.3) is 0 Å². The van der Waals surface area contributed by atoms with E-state index in [0.717, 1.165) is 0 Å². The predicted molar refractivity (Wildman–Crippen MR) is 68.6 cm³/mol. The van der Waals surface area contributed by atoms with Gasteiger partial charge in [-0.2, -0.15) is 16.8 Å². The van der Waals surface area contributed by atoms with Gasteiger partial charge in [0, 0.05) is 12.4 Å². The zero-order chi connectivity index (χ0) is 15.4. The van der Waals surface area contributed by atoms with E-state index in [0.29, 0.717) is 12.8 Å². The Hall–Kier alpha value is -1.27. The first-order valence-corrected chi connectivity index (χ1v) is 7.75. The van der Waals surface area contributed by atoms with Crippen molar-refractivity contribution in [1.29, 1.82) is 0 Å². The predicted octanol–water partition coefficient (Wildman–Crippen LogP) is 0.597. The molecule has 0 bridgehead atoms. The largest absolute Gasteiger partial charge is 0.394 e. The van der Waals surface area contributed by atoms with E-state index in [2.05, 4.69) is 16.5 Å². The number of unbranched alkanes of at least 4 members (excludes halogenated alkanes) is 1. The van der Waals surface area contributed by atoms with Gasteiger partial charge in [-0.3, -0.25) is 13.7 Å². The summed E-state index contributed by atoms with van der Waals surface area (Å²) in [6.45, 7) is 3.40. The minimum atomic E-state index is -4.67. The second-order valence-electron chi connectivity index (χ2n) is 2.93. The van der Waals surface area contributed by atoms with Crippen LogP contribution in [-0.4, -0.2) is 46.2 Å². The van der Waals surface area contributed by atoms with Gasteiger partial charge in [0.2, 0.25) is 0 Å². The monoisotopic (exact) mass is 316 g/mol. The second-order valence-corrected chi connectivity index (χ2v) is 5.39.